The van der Waals surface area contributed by atoms with E-state index >= 15 is 0 Å². The first-order chi connectivity index (χ1) is 8.61. The molecule has 1 aromatic heterocycles. The summed E-state index contributed by atoms with van der Waals surface area (Å²) in [6.45, 7) is 1.97. The second-order valence-corrected chi connectivity index (χ2v) is 5.80. The second-order valence-electron chi connectivity index (χ2n) is 3.35. The van der Waals surface area contributed by atoms with Gasteiger partial charge in [-0.15, -0.1) is 0 Å². The number of aromatic carboxylic acids is 1. The minimum absolute atomic E-state index is 0.109. The Morgan fingerprint density at radius 1 is 1.56 bits per heavy atom. The largest absolute Gasteiger partial charge is 0.478 e. The summed E-state index contributed by atoms with van der Waals surface area (Å²) in [7, 11) is 0. The molecule has 0 amide bonds. The van der Waals surface area contributed by atoms with Gasteiger partial charge in [0.2, 0.25) is 0 Å². The van der Waals surface area contributed by atoms with Gasteiger partial charge < -0.3 is 5.11 Å². The number of rotatable bonds is 4. The minimum atomic E-state index is -1.04. The highest BCUT2D eigenvalue weighted by atomic mass is 35.5. The normalized spacial score (nSPS) is 10.6. The first kappa shape index (κ1) is 13.3. The van der Waals surface area contributed by atoms with Crippen molar-refractivity contribution in [3.63, 3.8) is 0 Å². The minimum Gasteiger partial charge on any atom is -0.478 e. The van der Waals surface area contributed by atoms with Crippen molar-refractivity contribution >= 4 is 40.9 Å². The number of benzene rings is 1. The van der Waals surface area contributed by atoms with Crippen molar-refractivity contribution in [3.8, 4) is 0 Å². The standard InChI is InChI=1S/C11H9ClN2O2S2/c1-2-8-13-11(18-14-8)17-7-5-3-4-6(12)9(7)10(15)16/h3-5H,2H2,1H3,(H,15,16). The third-order valence-corrected chi connectivity index (χ3v) is 4.32. The van der Waals surface area contributed by atoms with Crippen molar-refractivity contribution in [1.82, 2.24) is 9.36 Å². The first-order valence-corrected chi connectivity index (χ1v) is 7.11. The summed E-state index contributed by atoms with van der Waals surface area (Å²) in [5.74, 6) is -0.273. The highest BCUT2D eigenvalue weighted by Crippen LogP contribution is 2.34. The lowest BCUT2D eigenvalue weighted by molar-refractivity contribution is 0.0693. The van der Waals surface area contributed by atoms with Crippen LogP contribution in [-0.2, 0) is 6.42 Å². The highest BCUT2D eigenvalue weighted by molar-refractivity contribution is 8.01. The lowest BCUT2D eigenvalue weighted by atomic mass is 10.2. The molecule has 0 aliphatic carbocycles. The fraction of sp³-hybridized carbons (Fsp3) is 0.182. The molecule has 0 aliphatic rings. The lowest BCUT2D eigenvalue weighted by Gasteiger charge is -2.04. The summed E-state index contributed by atoms with van der Waals surface area (Å²) >= 11 is 8.43. The number of carboxylic acids is 1. The maximum atomic E-state index is 11.2. The molecule has 0 fully saturated rings. The Morgan fingerprint density at radius 2 is 2.33 bits per heavy atom. The Hall–Kier alpha value is -1.11. The van der Waals surface area contributed by atoms with Gasteiger partial charge in [0.1, 0.15) is 5.82 Å². The van der Waals surface area contributed by atoms with Gasteiger partial charge in [-0.1, -0.05) is 36.4 Å². The average molecular weight is 301 g/mol. The van der Waals surface area contributed by atoms with E-state index < -0.39 is 5.97 Å². The van der Waals surface area contributed by atoms with Crippen LogP contribution in [-0.4, -0.2) is 20.4 Å². The van der Waals surface area contributed by atoms with Gasteiger partial charge in [-0.05, 0) is 23.7 Å². The quantitative estimate of drug-likeness (QED) is 0.934. The number of aromatic nitrogens is 2. The molecule has 94 valence electrons. The molecule has 0 saturated carbocycles. The summed E-state index contributed by atoms with van der Waals surface area (Å²) in [4.78, 5) is 16.0. The van der Waals surface area contributed by atoms with Crippen molar-refractivity contribution < 1.29 is 9.90 Å². The van der Waals surface area contributed by atoms with Crippen molar-refractivity contribution in [2.24, 2.45) is 0 Å². The summed E-state index contributed by atoms with van der Waals surface area (Å²) in [6.07, 6.45) is 0.762. The van der Waals surface area contributed by atoms with Crippen LogP contribution in [0.4, 0.5) is 0 Å². The zero-order valence-corrected chi connectivity index (χ0v) is 11.8. The van der Waals surface area contributed by atoms with Crippen LogP contribution >= 0.6 is 34.9 Å². The lowest BCUT2D eigenvalue weighted by Crippen LogP contribution is -1.99. The predicted octanol–water partition coefficient (Wildman–Crippen LogP) is 3.60. The summed E-state index contributed by atoms with van der Waals surface area (Å²) in [6, 6.07) is 5.00. The van der Waals surface area contributed by atoms with Crippen LogP contribution in [0.25, 0.3) is 0 Å². The number of aryl methyl sites for hydroxylation is 1. The fourth-order valence-electron chi connectivity index (χ4n) is 1.31. The molecular formula is C11H9ClN2O2S2. The van der Waals surface area contributed by atoms with Gasteiger partial charge in [0.25, 0.3) is 0 Å². The maximum absolute atomic E-state index is 11.2. The molecule has 1 N–H and O–H groups in total. The monoisotopic (exact) mass is 300 g/mol. The zero-order chi connectivity index (χ0) is 13.1. The van der Waals surface area contributed by atoms with Crippen LogP contribution in [0.15, 0.2) is 27.4 Å². The van der Waals surface area contributed by atoms with Crippen LogP contribution < -0.4 is 0 Å². The Labute approximate surface area is 117 Å². The number of carbonyl (C=O) groups is 1. The Balaban J connectivity index is 2.34. The van der Waals surface area contributed by atoms with Gasteiger partial charge in [-0.2, -0.15) is 4.37 Å². The van der Waals surface area contributed by atoms with E-state index in [0.29, 0.717) is 4.90 Å². The second kappa shape index (κ2) is 5.69. The van der Waals surface area contributed by atoms with E-state index in [1.165, 1.54) is 23.3 Å². The van der Waals surface area contributed by atoms with Crippen LogP contribution in [0, 0.1) is 0 Å². The third-order valence-electron chi connectivity index (χ3n) is 2.15. The molecule has 0 bridgehead atoms. The van der Waals surface area contributed by atoms with E-state index in [1.54, 1.807) is 18.2 Å². The van der Waals surface area contributed by atoms with E-state index in [2.05, 4.69) is 9.36 Å². The van der Waals surface area contributed by atoms with Crippen molar-refractivity contribution in [2.45, 2.75) is 22.6 Å². The molecule has 2 aromatic rings. The van der Waals surface area contributed by atoms with E-state index in [0.717, 1.165) is 16.6 Å². The molecule has 0 atom stereocenters. The Kier molecular flexibility index (Phi) is 4.21. The molecule has 4 nitrogen and oxygen atoms in total. The fourth-order valence-corrected chi connectivity index (χ4v) is 3.44. The van der Waals surface area contributed by atoms with Crippen LogP contribution in [0.2, 0.25) is 5.02 Å². The number of halogens is 1. The SMILES string of the molecule is CCc1nsc(Sc2cccc(Cl)c2C(=O)O)n1. The van der Waals surface area contributed by atoms with Crippen LogP contribution in [0.1, 0.15) is 23.1 Å². The molecule has 0 radical (unpaired) electrons. The van der Waals surface area contributed by atoms with Crippen molar-refractivity contribution in [1.29, 1.82) is 0 Å². The molecule has 0 spiro atoms. The summed E-state index contributed by atoms with van der Waals surface area (Å²) in [5, 5.41) is 9.37. The summed E-state index contributed by atoms with van der Waals surface area (Å²) < 4.78 is 4.88. The van der Waals surface area contributed by atoms with Crippen molar-refractivity contribution in [2.75, 3.05) is 0 Å². The Bertz CT molecular complexity index is 586. The molecule has 0 saturated heterocycles. The number of hydrogen-bond acceptors (Lipinski definition) is 5. The van der Waals surface area contributed by atoms with Gasteiger partial charge in [0, 0.05) is 11.3 Å². The van der Waals surface area contributed by atoms with Gasteiger partial charge in [0.15, 0.2) is 4.34 Å². The molecule has 1 aromatic carbocycles. The highest BCUT2D eigenvalue weighted by Gasteiger charge is 2.16. The molecular weight excluding hydrogens is 292 g/mol. The molecule has 18 heavy (non-hydrogen) atoms. The molecule has 0 unspecified atom stereocenters. The topological polar surface area (TPSA) is 63.1 Å². The van der Waals surface area contributed by atoms with E-state index in [-0.39, 0.29) is 10.6 Å². The molecule has 7 heteroatoms. The van der Waals surface area contributed by atoms with Gasteiger partial charge in [-0.25, -0.2) is 9.78 Å². The van der Waals surface area contributed by atoms with E-state index in [9.17, 15) is 4.79 Å². The molecule has 0 aliphatic heterocycles. The third kappa shape index (κ3) is 2.82. The van der Waals surface area contributed by atoms with Gasteiger partial charge in [0.05, 0.1) is 10.6 Å². The van der Waals surface area contributed by atoms with Crippen LogP contribution in [0.3, 0.4) is 0 Å². The van der Waals surface area contributed by atoms with E-state index in [1.807, 2.05) is 6.92 Å². The van der Waals surface area contributed by atoms with Gasteiger partial charge >= 0.3 is 5.97 Å². The first-order valence-electron chi connectivity index (χ1n) is 5.14. The Morgan fingerprint density at radius 3 is 2.94 bits per heavy atom. The summed E-state index contributed by atoms with van der Waals surface area (Å²) in [5.41, 5.74) is 0.109. The number of hydrogen-bond donors (Lipinski definition) is 1. The van der Waals surface area contributed by atoms with Gasteiger partial charge in [-0.3, -0.25) is 0 Å². The maximum Gasteiger partial charge on any atom is 0.338 e. The zero-order valence-electron chi connectivity index (χ0n) is 9.38. The molecule has 1 heterocycles. The van der Waals surface area contributed by atoms with Crippen molar-refractivity contribution in [3.05, 3.63) is 34.6 Å². The molecule has 2 rings (SSSR count). The number of carboxylic acid groups (broad SMARTS) is 1. The number of nitrogens with zero attached hydrogens (tertiary/aromatic N) is 2. The van der Waals surface area contributed by atoms with E-state index in [4.69, 9.17) is 16.7 Å². The van der Waals surface area contributed by atoms with Crippen LogP contribution in [0.5, 0.6) is 0 Å². The predicted molar refractivity (Wildman–Crippen MR) is 71.8 cm³/mol. The average Bonchev–Trinajstić information content (AvgIpc) is 2.76. The smallest absolute Gasteiger partial charge is 0.338 e.